The predicted molar refractivity (Wildman–Crippen MR) is 117 cm³/mol. The molecule has 2 nitrogen and oxygen atoms in total. The van der Waals surface area contributed by atoms with Crippen molar-refractivity contribution in [1.29, 1.82) is 0 Å². The molecular weight excluding hydrogens is 348 g/mol. The smallest absolute Gasteiger partial charge is 0.305 e. The van der Waals surface area contributed by atoms with E-state index in [0.29, 0.717) is 6.42 Å². The van der Waals surface area contributed by atoms with Crippen LogP contribution in [0.15, 0.2) is 0 Å². The highest BCUT2D eigenvalue weighted by Crippen LogP contribution is 2.29. The van der Waals surface area contributed by atoms with Gasteiger partial charge in [0.25, 0.3) is 0 Å². The van der Waals surface area contributed by atoms with Gasteiger partial charge in [0.2, 0.25) is 0 Å². The van der Waals surface area contributed by atoms with Crippen LogP contribution in [0.5, 0.6) is 0 Å². The lowest BCUT2D eigenvalue weighted by atomic mass is 10.0. The molecule has 2 unspecified atom stereocenters. The molecule has 0 rings (SSSR count). The maximum Gasteiger partial charge on any atom is 0.305 e. The molecule has 0 heterocycles. The van der Waals surface area contributed by atoms with Gasteiger partial charge >= 0.3 is 5.97 Å². The fraction of sp³-hybridized carbons (Fsp3) is 0.952. The average Bonchev–Trinajstić information content (AvgIpc) is 2.64. The highest BCUT2D eigenvalue weighted by Gasteiger charge is 2.18. The SMILES string of the molecule is CCCCC(SC)C(CCCCCCCCCCCC(=O)OC)SC. The molecule has 0 aliphatic heterocycles. The summed E-state index contributed by atoms with van der Waals surface area (Å²) in [6, 6.07) is 0. The first kappa shape index (κ1) is 25.2. The van der Waals surface area contributed by atoms with Crippen molar-refractivity contribution in [3.05, 3.63) is 0 Å². The van der Waals surface area contributed by atoms with Crippen molar-refractivity contribution in [2.45, 2.75) is 107 Å². The molecule has 0 aromatic carbocycles. The molecule has 25 heavy (non-hydrogen) atoms. The first-order chi connectivity index (χ1) is 12.2. The largest absolute Gasteiger partial charge is 0.469 e. The number of unbranched alkanes of at least 4 members (excludes halogenated alkanes) is 9. The Morgan fingerprint density at radius 3 is 1.64 bits per heavy atom. The van der Waals surface area contributed by atoms with E-state index in [0.717, 1.165) is 16.9 Å². The number of carbonyl (C=O) groups is 1. The Kier molecular flexibility index (Phi) is 19.1. The number of esters is 1. The molecule has 0 aliphatic carbocycles. The lowest BCUT2D eigenvalue weighted by molar-refractivity contribution is -0.140. The van der Waals surface area contributed by atoms with E-state index in [4.69, 9.17) is 0 Å². The minimum absolute atomic E-state index is 0.0676. The van der Waals surface area contributed by atoms with E-state index in [1.807, 2.05) is 0 Å². The zero-order chi connectivity index (χ0) is 18.8. The minimum Gasteiger partial charge on any atom is -0.469 e. The fourth-order valence-corrected chi connectivity index (χ4v) is 5.62. The number of hydrogen-bond acceptors (Lipinski definition) is 4. The number of hydrogen-bond donors (Lipinski definition) is 0. The normalized spacial score (nSPS) is 13.6. The lowest BCUT2D eigenvalue weighted by Crippen LogP contribution is -2.19. The Balaban J connectivity index is 3.50. The molecule has 0 aliphatic rings. The van der Waals surface area contributed by atoms with E-state index in [1.54, 1.807) is 0 Å². The highest BCUT2D eigenvalue weighted by atomic mass is 32.2. The summed E-state index contributed by atoms with van der Waals surface area (Å²) in [5.74, 6) is -0.0676. The van der Waals surface area contributed by atoms with Crippen LogP contribution in [-0.4, -0.2) is 36.1 Å². The monoisotopic (exact) mass is 390 g/mol. The zero-order valence-corrected chi connectivity index (χ0v) is 18.8. The Bertz CT molecular complexity index is 298. The Morgan fingerprint density at radius 1 is 0.760 bits per heavy atom. The van der Waals surface area contributed by atoms with E-state index in [-0.39, 0.29) is 5.97 Å². The molecule has 0 N–H and O–H groups in total. The third-order valence-corrected chi connectivity index (χ3v) is 7.47. The van der Waals surface area contributed by atoms with Crippen molar-refractivity contribution in [2.75, 3.05) is 19.6 Å². The molecule has 0 saturated heterocycles. The van der Waals surface area contributed by atoms with Crippen LogP contribution < -0.4 is 0 Å². The Labute approximate surface area is 166 Å². The summed E-state index contributed by atoms with van der Waals surface area (Å²) in [6.45, 7) is 2.30. The maximum absolute atomic E-state index is 11.0. The molecule has 2 atom stereocenters. The van der Waals surface area contributed by atoms with Crippen LogP contribution in [0.3, 0.4) is 0 Å². The van der Waals surface area contributed by atoms with Crippen molar-refractivity contribution >= 4 is 29.5 Å². The molecule has 0 fully saturated rings. The van der Waals surface area contributed by atoms with Crippen LogP contribution >= 0.6 is 23.5 Å². The lowest BCUT2D eigenvalue weighted by Gasteiger charge is -2.24. The van der Waals surface area contributed by atoms with Gasteiger partial charge in [0.05, 0.1) is 7.11 Å². The van der Waals surface area contributed by atoms with Gasteiger partial charge in [-0.2, -0.15) is 23.5 Å². The van der Waals surface area contributed by atoms with E-state index in [9.17, 15) is 4.79 Å². The number of methoxy groups -OCH3 is 1. The van der Waals surface area contributed by atoms with Gasteiger partial charge < -0.3 is 4.74 Å². The van der Waals surface area contributed by atoms with Gasteiger partial charge in [-0.1, -0.05) is 71.1 Å². The van der Waals surface area contributed by atoms with Gasteiger partial charge in [-0.15, -0.1) is 0 Å². The number of carbonyl (C=O) groups excluding carboxylic acids is 1. The van der Waals surface area contributed by atoms with Crippen molar-refractivity contribution in [3.63, 3.8) is 0 Å². The van der Waals surface area contributed by atoms with Crippen LogP contribution in [-0.2, 0) is 9.53 Å². The first-order valence-corrected chi connectivity index (χ1v) is 12.9. The van der Waals surface area contributed by atoms with Crippen LogP contribution in [0.4, 0.5) is 0 Å². The maximum atomic E-state index is 11.0. The van der Waals surface area contributed by atoms with Crippen molar-refractivity contribution in [3.8, 4) is 0 Å². The van der Waals surface area contributed by atoms with Gasteiger partial charge in [0.1, 0.15) is 0 Å². The summed E-state index contributed by atoms with van der Waals surface area (Å²) in [7, 11) is 1.47. The third-order valence-electron chi connectivity index (χ3n) is 4.96. The third kappa shape index (κ3) is 15.0. The summed E-state index contributed by atoms with van der Waals surface area (Å²) in [5, 5.41) is 1.69. The molecule has 0 amide bonds. The first-order valence-electron chi connectivity index (χ1n) is 10.3. The summed E-state index contributed by atoms with van der Waals surface area (Å²) in [5.41, 5.74) is 0. The minimum atomic E-state index is -0.0676. The van der Waals surface area contributed by atoms with Crippen LogP contribution in [0.2, 0.25) is 0 Å². The Hall–Kier alpha value is 0.170. The van der Waals surface area contributed by atoms with Gasteiger partial charge in [-0.05, 0) is 31.8 Å². The van der Waals surface area contributed by atoms with Crippen molar-refractivity contribution in [2.24, 2.45) is 0 Å². The summed E-state index contributed by atoms with van der Waals surface area (Å²) in [6.07, 6.45) is 22.3. The standard InChI is InChI=1S/C21H42O2S2/c1-5-6-16-19(24-3)20(25-4)17-14-12-10-8-7-9-11-13-15-18-21(22)23-2/h19-20H,5-18H2,1-4H3. The average molecular weight is 391 g/mol. The topological polar surface area (TPSA) is 26.3 Å². The second-order valence-corrected chi connectivity index (χ2v) is 9.14. The van der Waals surface area contributed by atoms with Gasteiger partial charge in [-0.3, -0.25) is 4.79 Å². The molecule has 150 valence electrons. The van der Waals surface area contributed by atoms with E-state index in [1.165, 1.54) is 84.2 Å². The van der Waals surface area contributed by atoms with E-state index < -0.39 is 0 Å². The van der Waals surface area contributed by atoms with Gasteiger partial charge in [0, 0.05) is 16.9 Å². The van der Waals surface area contributed by atoms with Crippen LogP contribution in [0.25, 0.3) is 0 Å². The quantitative estimate of drug-likeness (QED) is 0.184. The molecule has 0 saturated carbocycles. The molecular formula is C21H42O2S2. The van der Waals surface area contributed by atoms with E-state index in [2.05, 4.69) is 47.7 Å². The van der Waals surface area contributed by atoms with Crippen LogP contribution in [0.1, 0.15) is 96.8 Å². The summed E-state index contributed by atoms with van der Waals surface area (Å²) < 4.78 is 4.66. The second-order valence-electron chi connectivity index (χ2n) is 6.99. The molecule has 0 radical (unpaired) electrons. The number of thioether (sulfide) groups is 2. The molecule has 0 aromatic rings. The van der Waals surface area contributed by atoms with Crippen molar-refractivity contribution < 1.29 is 9.53 Å². The summed E-state index contributed by atoms with van der Waals surface area (Å²) >= 11 is 4.16. The van der Waals surface area contributed by atoms with Crippen LogP contribution in [0, 0.1) is 0 Å². The van der Waals surface area contributed by atoms with Gasteiger partial charge in [0.15, 0.2) is 0 Å². The van der Waals surface area contributed by atoms with E-state index >= 15 is 0 Å². The molecule has 0 spiro atoms. The molecule has 4 heteroatoms. The second kappa shape index (κ2) is 18.9. The molecule has 0 bridgehead atoms. The highest BCUT2D eigenvalue weighted by molar-refractivity contribution is 8.03. The predicted octanol–water partition coefficient (Wildman–Crippen LogP) is 7.10. The zero-order valence-electron chi connectivity index (χ0n) is 17.2. The fourth-order valence-electron chi connectivity index (χ4n) is 3.27. The molecule has 0 aromatic heterocycles. The summed E-state index contributed by atoms with van der Waals surface area (Å²) in [4.78, 5) is 11.0. The number of ether oxygens (including phenoxy) is 1. The number of rotatable bonds is 18. The van der Waals surface area contributed by atoms with Gasteiger partial charge in [-0.25, -0.2) is 0 Å². The van der Waals surface area contributed by atoms with Crippen molar-refractivity contribution in [1.82, 2.24) is 0 Å². The Morgan fingerprint density at radius 2 is 1.20 bits per heavy atom.